The number of methoxy groups -OCH3 is 2. The maximum Gasteiger partial charge on any atom is 0.407 e. The summed E-state index contributed by atoms with van der Waals surface area (Å²) < 4.78 is 61.5. The van der Waals surface area contributed by atoms with Crippen LogP contribution in [0.5, 0.6) is 0 Å². The molecule has 8 amide bonds. The van der Waals surface area contributed by atoms with Crippen molar-refractivity contribution in [2.45, 2.75) is 311 Å². The Labute approximate surface area is 689 Å². The number of ketones is 1. The fourth-order valence-corrected chi connectivity index (χ4v) is 14.5. The smallest absolute Gasteiger partial charge is 0.407 e. The van der Waals surface area contributed by atoms with Crippen molar-refractivity contribution in [2.75, 3.05) is 126 Å². The monoisotopic (exact) mass is 1680 g/mol. The third-order valence-corrected chi connectivity index (χ3v) is 21.8. The molecule has 37 nitrogen and oxygen atoms in total. The van der Waals surface area contributed by atoms with Gasteiger partial charge in [0.1, 0.15) is 42.4 Å². The molecular weight excluding hydrogens is 1540 g/mol. The van der Waals surface area contributed by atoms with E-state index in [1.54, 1.807) is 39.9 Å². The van der Waals surface area contributed by atoms with E-state index >= 15 is 0 Å². The number of rotatable bonds is 63. The number of likely N-dealkylation sites (tertiary alicyclic amines) is 1. The van der Waals surface area contributed by atoms with Crippen LogP contribution in [-0.4, -0.2) is 322 Å². The van der Waals surface area contributed by atoms with Crippen molar-refractivity contribution in [3.05, 3.63) is 0 Å². The number of carbonyl (C=O) groups excluding carboxylic acids is 9. The molecule has 117 heavy (non-hydrogen) atoms. The van der Waals surface area contributed by atoms with Gasteiger partial charge in [-0.15, -0.1) is 0 Å². The van der Waals surface area contributed by atoms with E-state index in [1.165, 1.54) is 0 Å². The lowest BCUT2D eigenvalue weighted by Crippen LogP contribution is -2.55. The van der Waals surface area contributed by atoms with E-state index in [2.05, 4.69) is 37.2 Å². The molecule has 37 heteroatoms. The van der Waals surface area contributed by atoms with Gasteiger partial charge in [0.15, 0.2) is 18.9 Å². The fourth-order valence-electron chi connectivity index (χ4n) is 14.5. The number of amides is 8. The second-order valence-electron chi connectivity index (χ2n) is 31.2. The highest BCUT2D eigenvalue weighted by Crippen LogP contribution is 2.32. The van der Waals surface area contributed by atoms with E-state index in [-0.39, 0.29) is 165 Å². The van der Waals surface area contributed by atoms with Crippen LogP contribution in [0.3, 0.4) is 0 Å². The zero-order valence-corrected chi connectivity index (χ0v) is 69.9. The molecule has 4 fully saturated rings. The van der Waals surface area contributed by atoms with E-state index < -0.39 is 141 Å². The summed E-state index contributed by atoms with van der Waals surface area (Å²) in [6.07, 6.45) is -0.691. The predicted octanol–water partition coefficient (Wildman–Crippen LogP) is 2.18. The van der Waals surface area contributed by atoms with Crippen molar-refractivity contribution in [1.82, 2.24) is 42.1 Å². The highest BCUT2D eigenvalue weighted by molar-refractivity contribution is 5.85. The van der Waals surface area contributed by atoms with Crippen molar-refractivity contribution in [1.29, 1.82) is 0 Å². The van der Waals surface area contributed by atoms with Gasteiger partial charge in [0.05, 0.1) is 96.5 Å². The lowest BCUT2D eigenvalue weighted by molar-refractivity contribution is -0.282. The molecule has 0 aromatic carbocycles. The quantitative estimate of drug-likeness (QED) is 0.0306. The second kappa shape index (κ2) is 60.6. The van der Waals surface area contributed by atoms with E-state index in [4.69, 9.17) is 52.1 Å². The molecule has 0 spiro atoms. The molecule has 4 aliphatic rings. The van der Waals surface area contributed by atoms with Gasteiger partial charge in [-0.25, -0.2) is 14.4 Å². The highest BCUT2D eigenvalue weighted by Gasteiger charge is 2.45. The van der Waals surface area contributed by atoms with Crippen LogP contribution in [0, 0.1) is 17.8 Å². The first-order valence-corrected chi connectivity index (χ1v) is 42.7. The molecule has 4 heterocycles. The summed E-state index contributed by atoms with van der Waals surface area (Å²) in [6.45, 7) is 7.18. The zero-order valence-electron chi connectivity index (χ0n) is 69.9. The number of nitrogens with zero attached hydrogens (tertiary/aromatic N) is 1. The Morgan fingerprint density at radius 1 is 0.385 bits per heavy atom. The normalized spacial score (nSPS) is 25.7. The first-order chi connectivity index (χ1) is 56.3. The zero-order chi connectivity index (χ0) is 85.8. The highest BCUT2D eigenvalue weighted by atomic mass is 16.7. The molecule has 4 rings (SSSR count). The minimum absolute atomic E-state index is 0.0381. The van der Waals surface area contributed by atoms with Gasteiger partial charge in [0.2, 0.25) is 29.5 Å². The van der Waals surface area contributed by atoms with Crippen molar-refractivity contribution < 1.29 is 141 Å². The molecule has 0 aliphatic carbocycles. The summed E-state index contributed by atoms with van der Waals surface area (Å²) in [5.41, 5.74) is -1.03. The molecule has 0 aromatic heterocycles. The third kappa shape index (κ3) is 41.5. The topological polar surface area (TPSA) is 525 Å². The van der Waals surface area contributed by atoms with Crippen LogP contribution in [0.2, 0.25) is 0 Å². The number of aliphatic hydroxyl groups excluding tert-OH is 9. The number of hydrogen-bond acceptors (Lipinski definition) is 29. The van der Waals surface area contributed by atoms with Crippen LogP contribution in [-0.2, 0) is 80.9 Å². The summed E-state index contributed by atoms with van der Waals surface area (Å²) in [6, 6.07) is -0.0976. The van der Waals surface area contributed by atoms with Gasteiger partial charge in [0, 0.05) is 128 Å². The molecule has 0 radical (unpaired) electrons. The maximum absolute atomic E-state index is 14.1. The Bertz CT molecular complexity index is 2560. The number of alkyl carbamates (subject to hydrolysis) is 3. The number of hydrogen-bond donors (Lipinski definition) is 16. The van der Waals surface area contributed by atoms with Gasteiger partial charge >= 0.3 is 18.3 Å². The largest absolute Gasteiger partial charge is 0.450 e. The van der Waals surface area contributed by atoms with Crippen LogP contribution in [0.1, 0.15) is 220 Å². The van der Waals surface area contributed by atoms with Crippen LogP contribution < -0.4 is 37.2 Å². The molecule has 678 valence electrons. The van der Waals surface area contributed by atoms with E-state index in [1.807, 2.05) is 0 Å². The number of Topliss-reactive ketones (excluding diaryl/α,β-unsaturated/α-hetero) is 1. The summed E-state index contributed by atoms with van der Waals surface area (Å²) in [5, 5.41) is 110. The van der Waals surface area contributed by atoms with Crippen LogP contribution >= 0.6 is 0 Å². The summed E-state index contributed by atoms with van der Waals surface area (Å²) in [5.74, 6) is -2.69. The molecular formula is C80H144N8O29. The van der Waals surface area contributed by atoms with E-state index in [0.717, 1.165) is 38.5 Å². The predicted molar refractivity (Wildman–Crippen MR) is 423 cm³/mol. The lowest BCUT2D eigenvalue weighted by Gasteiger charge is -2.40. The Hall–Kier alpha value is -5.85. The molecule has 0 saturated carbocycles. The van der Waals surface area contributed by atoms with Crippen molar-refractivity contribution in [2.24, 2.45) is 17.8 Å². The third-order valence-electron chi connectivity index (χ3n) is 21.8. The lowest BCUT2D eigenvalue weighted by atomic mass is 9.83. The van der Waals surface area contributed by atoms with Gasteiger partial charge in [-0.3, -0.25) is 28.8 Å². The standard InChI is InChI=1S/C80H144N8O29/c1-54-68(98)71(101)60(50-89)115-74(54)109-42-20-27-63(93)81-36-14-6-9-17-39-84-77(104)112-45-23-33-80(87-66(96)32-31-58(92)26-12-13-30-67(97)88-49-59(108-5)48-57(88)53-107-4,34-24-46-113-78(105)85-40-18-10-7-15-37-82-64(94)28-21-43-110-75-55(2)69(99)72(102)61(51-90)116-75)35-25-47-114-79(106)86-41-19-11-8-16-38-83-65(95)29-22-44-111-76-56(3)70(100)73(103)62(52-91)117-76/h54-57,59-62,68-76,89-91,98-103H,6-53H2,1-5H3,(H,81,93)(H,82,94)(H,83,95)(H,84,104)(H,85,105)(H,86,106)(H,87,96)/t54?,55?,56?,57-,59+,60?,61?,62?,68?,69?,70?,71?,72?,73?,74?,75?,76?,80?/m1/s1. The van der Waals surface area contributed by atoms with Gasteiger partial charge in [0.25, 0.3) is 0 Å². The van der Waals surface area contributed by atoms with Gasteiger partial charge in [-0.1, -0.05) is 59.3 Å². The molecule has 15 unspecified atom stereocenters. The summed E-state index contributed by atoms with van der Waals surface area (Å²) in [4.78, 5) is 119. The van der Waals surface area contributed by atoms with Crippen LogP contribution in [0.4, 0.5) is 14.4 Å². The van der Waals surface area contributed by atoms with Crippen molar-refractivity contribution in [3.8, 4) is 0 Å². The Morgan fingerprint density at radius 3 is 1.06 bits per heavy atom. The SMILES string of the molecule is COC[C@H]1C[C@H](OC)CN1C(=O)CCCCC(=O)CCC(=O)NC(CCCOC(=O)NCCCCCCNC(=O)CCCOC1OC(CO)C(O)C(O)C1C)(CCCOC(=O)NCCCCCCNC(=O)CCCOC1OC(CO)C(O)C(O)C1C)CCCOC(=O)NCCCCCCNC(=O)CCCOC1OC(CO)C(O)C(O)C1C. The minimum atomic E-state index is -1.23. The van der Waals surface area contributed by atoms with Gasteiger partial charge in [-0.05, 0) is 116 Å². The van der Waals surface area contributed by atoms with Crippen LogP contribution in [0.25, 0.3) is 0 Å². The van der Waals surface area contributed by atoms with E-state index in [0.29, 0.717) is 129 Å². The van der Waals surface area contributed by atoms with Crippen molar-refractivity contribution >= 4 is 53.6 Å². The van der Waals surface area contributed by atoms with Gasteiger partial charge < -0.3 is 140 Å². The number of carbonyl (C=O) groups is 9. The Morgan fingerprint density at radius 2 is 0.726 bits per heavy atom. The molecule has 0 aromatic rings. The van der Waals surface area contributed by atoms with Gasteiger partial charge in [-0.2, -0.15) is 0 Å². The van der Waals surface area contributed by atoms with Crippen LogP contribution in [0.15, 0.2) is 0 Å². The average molecular weight is 1680 g/mol. The van der Waals surface area contributed by atoms with E-state index in [9.17, 15) is 89.1 Å². The summed E-state index contributed by atoms with van der Waals surface area (Å²) >= 11 is 0. The summed E-state index contributed by atoms with van der Waals surface area (Å²) in [7, 11) is 3.20. The van der Waals surface area contributed by atoms with Crippen molar-refractivity contribution in [3.63, 3.8) is 0 Å². The molecule has 4 aliphatic heterocycles. The Balaban J connectivity index is 1.26. The first-order valence-electron chi connectivity index (χ1n) is 42.7. The Kier molecular flexibility index (Phi) is 53.6. The molecule has 17 atom stereocenters. The molecule has 4 saturated heterocycles. The maximum atomic E-state index is 14.1. The number of ether oxygens (including phenoxy) is 11. The first kappa shape index (κ1) is 103. The minimum Gasteiger partial charge on any atom is -0.450 e. The number of nitrogens with one attached hydrogen (secondary N) is 7. The fraction of sp³-hybridized carbons (Fsp3) is 0.887. The number of unbranched alkanes of at least 4 members (excludes halogenated alkanes) is 10. The average Bonchev–Trinajstić information content (AvgIpc) is 1.63. The molecule has 16 N–H and O–H groups in total. The number of aliphatic hydroxyl groups is 9. The second-order valence-corrected chi connectivity index (χ2v) is 31.2. The molecule has 0 bridgehead atoms.